The third-order valence-corrected chi connectivity index (χ3v) is 7.70. The summed E-state index contributed by atoms with van der Waals surface area (Å²) in [7, 11) is 3.83. The predicted octanol–water partition coefficient (Wildman–Crippen LogP) is 3.32. The molecule has 2 fully saturated rings. The third kappa shape index (κ3) is 3.90. The maximum Gasteiger partial charge on any atom is 0.230 e. The number of carbonyl (C=O) groups excluding carboxylic acids is 1. The molecule has 170 valence electrons. The lowest BCUT2D eigenvalue weighted by Gasteiger charge is -2.43. The van der Waals surface area contributed by atoms with Crippen LogP contribution in [0.25, 0.3) is 10.9 Å². The highest BCUT2D eigenvalue weighted by Gasteiger charge is 2.52. The maximum atomic E-state index is 13.9. The van der Waals surface area contributed by atoms with E-state index < -0.39 is 0 Å². The average molecular weight is 435 g/mol. The molecule has 3 heterocycles. The van der Waals surface area contributed by atoms with Gasteiger partial charge in [0.25, 0.3) is 0 Å². The van der Waals surface area contributed by atoms with Crippen molar-refractivity contribution in [1.82, 2.24) is 19.7 Å². The summed E-state index contributed by atoms with van der Waals surface area (Å²) in [6.07, 6.45) is 8.58. The molecule has 0 unspecified atom stereocenters. The maximum absolute atomic E-state index is 13.9. The number of methoxy groups -OCH3 is 1. The summed E-state index contributed by atoms with van der Waals surface area (Å²) in [6, 6.07) is 10.5. The standard InChI is InChI=1S/C26H34N4O2/c1-28-14-16-29(17-15-28)25(31)26-11-3-4-13-30(24(26)6-5-12-26)19-21-8-7-20-18-22(32-2)9-10-23(20)27-21/h3-4,7-10,18,24H,5-6,11-17,19H2,1-2H3/t24-,26-/m1/s1. The van der Waals surface area contributed by atoms with Crippen LogP contribution in [0.15, 0.2) is 42.5 Å². The second kappa shape index (κ2) is 8.83. The van der Waals surface area contributed by atoms with Crippen molar-refractivity contribution in [2.75, 3.05) is 46.9 Å². The van der Waals surface area contributed by atoms with E-state index in [0.29, 0.717) is 5.91 Å². The molecule has 1 aromatic carbocycles. The molecular weight excluding hydrogens is 400 g/mol. The molecule has 32 heavy (non-hydrogen) atoms. The molecule has 1 amide bonds. The minimum atomic E-state index is -0.285. The van der Waals surface area contributed by atoms with Crippen molar-refractivity contribution < 1.29 is 9.53 Å². The molecule has 0 N–H and O–H groups in total. The Hall–Kier alpha value is -2.44. The Morgan fingerprint density at radius 1 is 1.16 bits per heavy atom. The van der Waals surface area contributed by atoms with Crippen LogP contribution in [0.3, 0.4) is 0 Å². The van der Waals surface area contributed by atoms with E-state index >= 15 is 0 Å². The fourth-order valence-electron chi connectivity index (χ4n) is 5.86. The zero-order chi connectivity index (χ0) is 22.1. The number of likely N-dealkylation sites (N-methyl/N-ethyl adjacent to an activating group) is 1. The summed E-state index contributed by atoms with van der Waals surface area (Å²) < 4.78 is 5.34. The van der Waals surface area contributed by atoms with E-state index in [1.807, 2.05) is 18.2 Å². The Morgan fingerprint density at radius 3 is 2.81 bits per heavy atom. The van der Waals surface area contributed by atoms with Crippen molar-refractivity contribution in [2.24, 2.45) is 5.41 Å². The topological polar surface area (TPSA) is 48.9 Å². The molecule has 1 aromatic heterocycles. The largest absolute Gasteiger partial charge is 0.497 e. The number of benzene rings is 1. The molecule has 3 aliphatic rings. The van der Waals surface area contributed by atoms with Gasteiger partial charge in [-0.25, -0.2) is 0 Å². The van der Waals surface area contributed by atoms with E-state index in [9.17, 15) is 4.79 Å². The fraction of sp³-hybridized carbons (Fsp3) is 0.538. The molecular formula is C26H34N4O2. The van der Waals surface area contributed by atoms with Gasteiger partial charge in [-0.1, -0.05) is 24.6 Å². The van der Waals surface area contributed by atoms with Crippen LogP contribution in [0.4, 0.5) is 0 Å². The molecule has 1 aliphatic carbocycles. The summed E-state index contributed by atoms with van der Waals surface area (Å²) in [5.41, 5.74) is 1.76. The van der Waals surface area contributed by atoms with Crippen LogP contribution in [-0.4, -0.2) is 78.5 Å². The zero-order valence-electron chi connectivity index (χ0n) is 19.3. The predicted molar refractivity (Wildman–Crippen MR) is 127 cm³/mol. The van der Waals surface area contributed by atoms with E-state index in [1.54, 1.807) is 7.11 Å². The molecule has 2 atom stereocenters. The number of hydrogen-bond acceptors (Lipinski definition) is 5. The number of carbonyl (C=O) groups is 1. The van der Waals surface area contributed by atoms with Crippen LogP contribution in [0.5, 0.6) is 5.75 Å². The summed E-state index contributed by atoms with van der Waals surface area (Å²) in [4.78, 5) is 25.8. The van der Waals surface area contributed by atoms with E-state index in [-0.39, 0.29) is 11.5 Å². The number of aromatic nitrogens is 1. The molecule has 6 nitrogen and oxygen atoms in total. The fourth-order valence-corrected chi connectivity index (χ4v) is 5.86. The van der Waals surface area contributed by atoms with Crippen LogP contribution in [0.1, 0.15) is 31.4 Å². The quantitative estimate of drug-likeness (QED) is 0.691. The first-order valence-electron chi connectivity index (χ1n) is 11.9. The van der Waals surface area contributed by atoms with Crippen molar-refractivity contribution in [2.45, 2.75) is 38.3 Å². The SMILES string of the molecule is COc1ccc2nc(CN3CC=CC[C@@]4(C(=O)N5CCN(C)CC5)CCC[C@@H]34)ccc2c1. The van der Waals surface area contributed by atoms with Crippen molar-refractivity contribution in [3.8, 4) is 5.75 Å². The van der Waals surface area contributed by atoms with Crippen LogP contribution >= 0.6 is 0 Å². The Balaban J connectivity index is 1.39. The van der Waals surface area contributed by atoms with Gasteiger partial charge < -0.3 is 14.5 Å². The van der Waals surface area contributed by atoms with Gasteiger partial charge in [-0.2, -0.15) is 0 Å². The zero-order valence-corrected chi connectivity index (χ0v) is 19.3. The number of allylic oxidation sites excluding steroid dienone is 1. The number of pyridine rings is 1. The monoisotopic (exact) mass is 434 g/mol. The highest BCUT2D eigenvalue weighted by atomic mass is 16.5. The van der Waals surface area contributed by atoms with Crippen molar-refractivity contribution in [1.29, 1.82) is 0 Å². The Kier molecular flexibility index (Phi) is 5.91. The van der Waals surface area contributed by atoms with Gasteiger partial charge in [-0.3, -0.25) is 14.7 Å². The van der Waals surface area contributed by atoms with Crippen molar-refractivity contribution in [3.63, 3.8) is 0 Å². The minimum absolute atomic E-state index is 0.276. The third-order valence-electron chi connectivity index (χ3n) is 7.70. The van der Waals surface area contributed by atoms with Crippen LogP contribution in [0.2, 0.25) is 0 Å². The highest BCUT2D eigenvalue weighted by molar-refractivity contribution is 5.84. The number of rotatable bonds is 4. The molecule has 1 saturated carbocycles. The molecule has 0 radical (unpaired) electrons. The molecule has 2 aromatic rings. The van der Waals surface area contributed by atoms with Gasteiger partial charge in [0.2, 0.25) is 5.91 Å². The lowest BCUT2D eigenvalue weighted by Crippen LogP contribution is -2.56. The number of hydrogen-bond donors (Lipinski definition) is 0. The van der Waals surface area contributed by atoms with E-state index in [4.69, 9.17) is 9.72 Å². The van der Waals surface area contributed by atoms with Gasteiger partial charge in [-0.05, 0) is 50.6 Å². The van der Waals surface area contributed by atoms with Gasteiger partial charge in [0.1, 0.15) is 5.75 Å². The molecule has 0 spiro atoms. The second-order valence-corrected chi connectivity index (χ2v) is 9.63. The van der Waals surface area contributed by atoms with E-state index in [2.05, 4.69) is 46.0 Å². The van der Waals surface area contributed by atoms with Crippen LogP contribution in [-0.2, 0) is 11.3 Å². The first kappa shape index (κ1) is 21.4. The molecule has 5 rings (SSSR count). The first-order valence-corrected chi connectivity index (χ1v) is 11.9. The number of nitrogens with zero attached hydrogens (tertiary/aromatic N) is 4. The van der Waals surface area contributed by atoms with Gasteiger partial charge in [0, 0.05) is 50.7 Å². The summed E-state index contributed by atoms with van der Waals surface area (Å²) in [5, 5.41) is 1.09. The Labute approximate surface area is 190 Å². The van der Waals surface area contributed by atoms with E-state index in [0.717, 1.165) is 87.3 Å². The first-order chi connectivity index (χ1) is 15.6. The Morgan fingerprint density at radius 2 is 2.00 bits per heavy atom. The Bertz CT molecular complexity index is 1010. The van der Waals surface area contributed by atoms with E-state index in [1.165, 1.54) is 0 Å². The van der Waals surface area contributed by atoms with Gasteiger partial charge in [0.05, 0.1) is 23.7 Å². The normalized spacial score (nSPS) is 26.8. The molecule has 2 aliphatic heterocycles. The lowest BCUT2D eigenvalue weighted by molar-refractivity contribution is -0.147. The van der Waals surface area contributed by atoms with Gasteiger partial charge in [-0.15, -0.1) is 0 Å². The summed E-state index contributed by atoms with van der Waals surface area (Å²) >= 11 is 0. The molecule has 1 saturated heterocycles. The second-order valence-electron chi connectivity index (χ2n) is 9.63. The number of amides is 1. The van der Waals surface area contributed by atoms with Crippen LogP contribution < -0.4 is 4.74 Å². The minimum Gasteiger partial charge on any atom is -0.497 e. The average Bonchev–Trinajstić information content (AvgIpc) is 3.18. The summed E-state index contributed by atoms with van der Waals surface area (Å²) in [6.45, 7) is 5.29. The number of ether oxygens (including phenoxy) is 1. The van der Waals surface area contributed by atoms with Gasteiger partial charge >= 0.3 is 0 Å². The smallest absolute Gasteiger partial charge is 0.230 e. The molecule has 6 heteroatoms. The van der Waals surface area contributed by atoms with Crippen molar-refractivity contribution in [3.05, 3.63) is 48.2 Å². The number of fused-ring (bicyclic) bond motifs is 2. The molecule has 0 bridgehead atoms. The van der Waals surface area contributed by atoms with Gasteiger partial charge in [0.15, 0.2) is 0 Å². The number of piperazine rings is 1. The summed E-state index contributed by atoms with van der Waals surface area (Å²) in [5.74, 6) is 1.23. The van der Waals surface area contributed by atoms with Crippen molar-refractivity contribution >= 4 is 16.8 Å². The highest BCUT2D eigenvalue weighted by Crippen LogP contribution is 2.47. The van der Waals surface area contributed by atoms with Crippen LogP contribution in [0, 0.1) is 5.41 Å². The lowest BCUT2D eigenvalue weighted by atomic mass is 9.77.